The lowest BCUT2D eigenvalue weighted by atomic mass is 9.76. The van der Waals surface area contributed by atoms with Crippen molar-refractivity contribution in [2.75, 3.05) is 5.32 Å². The van der Waals surface area contributed by atoms with Crippen molar-refractivity contribution in [2.24, 2.45) is 11.7 Å². The van der Waals surface area contributed by atoms with Gasteiger partial charge in [0.05, 0.1) is 0 Å². The highest BCUT2D eigenvalue weighted by molar-refractivity contribution is 5.88. The SMILES string of the molecule is CC1CCC(Nc2ccccc2)(C(N)=O)CC1. The molecule has 3 heteroatoms. The molecular weight excluding hydrogens is 212 g/mol. The number of primary amides is 1. The van der Waals surface area contributed by atoms with E-state index in [9.17, 15) is 4.79 Å². The summed E-state index contributed by atoms with van der Waals surface area (Å²) in [7, 11) is 0. The molecular formula is C14H20N2O. The number of carbonyl (C=O) groups is 1. The zero-order valence-electron chi connectivity index (χ0n) is 10.3. The molecule has 0 unspecified atom stereocenters. The summed E-state index contributed by atoms with van der Waals surface area (Å²) in [5.74, 6) is 0.466. The third kappa shape index (κ3) is 2.60. The van der Waals surface area contributed by atoms with Gasteiger partial charge in [-0.25, -0.2) is 0 Å². The molecule has 0 atom stereocenters. The van der Waals surface area contributed by atoms with Gasteiger partial charge < -0.3 is 11.1 Å². The fourth-order valence-corrected chi connectivity index (χ4v) is 2.49. The topological polar surface area (TPSA) is 55.1 Å². The van der Waals surface area contributed by atoms with Crippen molar-refractivity contribution in [1.82, 2.24) is 0 Å². The molecule has 0 aromatic heterocycles. The Kier molecular flexibility index (Phi) is 3.36. The van der Waals surface area contributed by atoms with Gasteiger partial charge in [-0.2, -0.15) is 0 Å². The summed E-state index contributed by atoms with van der Waals surface area (Å²) in [5.41, 5.74) is 6.02. The Morgan fingerprint density at radius 3 is 2.41 bits per heavy atom. The molecule has 0 spiro atoms. The van der Waals surface area contributed by atoms with Crippen molar-refractivity contribution in [3.05, 3.63) is 30.3 Å². The van der Waals surface area contributed by atoms with Gasteiger partial charge in [0, 0.05) is 5.69 Å². The molecule has 0 bridgehead atoms. The maximum atomic E-state index is 11.7. The number of hydrogen-bond donors (Lipinski definition) is 2. The molecule has 1 aliphatic rings. The number of hydrogen-bond acceptors (Lipinski definition) is 2. The lowest BCUT2D eigenvalue weighted by Gasteiger charge is -2.38. The van der Waals surface area contributed by atoms with Crippen LogP contribution in [0.25, 0.3) is 0 Å². The third-order valence-electron chi connectivity index (χ3n) is 3.76. The lowest BCUT2D eigenvalue weighted by Crippen LogP contribution is -2.52. The van der Waals surface area contributed by atoms with Gasteiger partial charge in [-0.15, -0.1) is 0 Å². The van der Waals surface area contributed by atoms with E-state index in [4.69, 9.17) is 5.73 Å². The Hall–Kier alpha value is -1.51. The Bertz CT molecular complexity index is 380. The number of rotatable bonds is 3. The predicted octanol–water partition coefficient (Wildman–Crippen LogP) is 2.53. The van der Waals surface area contributed by atoms with Crippen LogP contribution in [0.3, 0.4) is 0 Å². The first-order valence-electron chi connectivity index (χ1n) is 6.25. The van der Waals surface area contributed by atoms with E-state index in [0.29, 0.717) is 5.92 Å². The first-order chi connectivity index (χ1) is 8.12. The number of nitrogens with one attached hydrogen (secondary N) is 1. The molecule has 3 nitrogen and oxygen atoms in total. The standard InChI is InChI=1S/C14H20N2O/c1-11-7-9-14(10-8-11,13(15)17)16-12-5-3-2-4-6-12/h2-6,11,16H,7-10H2,1H3,(H2,15,17). The minimum atomic E-state index is -0.548. The molecule has 17 heavy (non-hydrogen) atoms. The molecule has 0 radical (unpaired) electrons. The van der Waals surface area contributed by atoms with Crippen LogP contribution in [0, 0.1) is 5.92 Å². The van der Waals surface area contributed by atoms with E-state index in [1.54, 1.807) is 0 Å². The molecule has 0 heterocycles. The number of amides is 1. The van der Waals surface area contributed by atoms with Crippen molar-refractivity contribution < 1.29 is 4.79 Å². The summed E-state index contributed by atoms with van der Waals surface area (Å²) in [6, 6.07) is 9.83. The van der Waals surface area contributed by atoms with Gasteiger partial charge in [-0.05, 0) is 43.7 Å². The van der Waals surface area contributed by atoms with Crippen LogP contribution in [0.5, 0.6) is 0 Å². The van der Waals surface area contributed by atoms with Gasteiger partial charge in [-0.3, -0.25) is 4.79 Å². The van der Waals surface area contributed by atoms with Crippen LogP contribution in [0.15, 0.2) is 30.3 Å². The number of para-hydroxylation sites is 1. The number of carbonyl (C=O) groups excluding carboxylic acids is 1. The first kappa shape index (κ1) is 12.0. The molecule has 1 aromatic carbocycles. The average molecular weight is 232 g/mol. The van der Waals surface area contributed by atoms with Gasteiger partial charge in [0.1, 0.15) is 5.54 Å². The quantitative estimate of drug-likeness (QED) is 0.841. The third-order valence-corrected chi connectivity index (χ3v) is 3.76. The molecule has 92 valence electrons. The van der Waals surface area contributed by atoms with Crippen molar-refractivity contribution in [2.45, 2.75) is 38.1 Å². The van der Waals surface area contributed by atoms with Gasteiger partial charge in [0.2, 0.25) is 5.91 Å². The van der Waals surface area contributed by atoms with Gasteiger partial charge in [-0.1, -0.05) is 25.1 Å². The van der Waals surface area contributed by atoms with Crippen LogP contribution < -0.4 is 11.1 Å². The van der Waals surface area contributed by atoms with Crippen molar-refractivity contribution >= 4 is 11.6 Å². The highest BCUT2D eigenvalue weighted by atomic mass is 16.1. The zero-order valence-corrected chi connectivity index (χ0v) is 10.3. The van der Waals surface area contributed by atoms with Crippen molar-refractivity contribution in [3.8, 4) is 0 Å². The second kappa shape index (κ2) is 4.78. The average Bonchev–Trinajstić information content (AvgIpc) is 2.33. The number of anilines is 1. The van der Waals surface area contributed by atoms with Crippen LogP contribution in [-0.4, -0.2) is 11.4 Å². The van der Waals surface area contributed by atoms with Crippen LogP contribution in [-0.2, 0) is 4.79 Å². The van der Waals surface area contributed by atoms with Gasteiger partial charge in [0.15, 0.2) is 0 Å². The predicted molar refractivity (Wildman–Crippen MR) is 69.6 cm³/mol. The van der Waals surface area contributed by atoms with E-state index >= 15 is 0 Å². The van der Waals surface area contributed by atoms with E-state index in [1.165, 1.54) is 0 Å². The second-order valence-corrected chi connectivity index (χ2v) is 5.12. The minimum absolute atomic E-state index is 0.228. The molecule has 1 aliphatic carbocycles. The van der Waals surface area contributed by atoms with E-state index < -0.39 is 5.54 Å². The maximum absolute atomic E-state index is 11.7. The molecule has 0 saturated heterocycles. The summed E-state index contributed by atoms with van der Waals surface area (Å²) in [4.78, 5) is 11.7. The summed E-state index contributed by atoms with van der Waals surface area (Å²) in [6.45, 7) is 2.23. The van der Waals surface area contributed by atoms with E-state index in [0.717, 1.165) is 31.4 Å². The van der Waals surface area contributed by atoms with Crippen LogP contribution in [0.2, 0.25) is 0 Å². The van der Waals surface area contributed by atoms with E-state index in [1.807, 2.05) is 30.3 Å². The number of benzene rings is 1. The fraction of sp³-hybridized carbons (Fsp3) is 0.500. The monoisotopic (exact) mass is 232 g/mol. The number of nitrogens with two attached hydrogens (primary N) is 1. The summed E-state index contributed by atoms with van der Waals surface area (Å²) in [5, 5.41) is 3.34. The van der Waals surface area contributed by atoms with Crippen molar-refractivity contribution in [1.29, 1.82) is 0 Å². The molecule has 1 amide bonds. The Balaban J connectivity index is 2.15. The summed E-state index contributed by atoms with van der Waals surface area (Å²) < 4.78 is 0. The van der Waals surface area contributed by atoms with E-state index in [-0.39, 0.29) is 5.91 Å². The lowest BCUT2D eigenvalue weighted by molar-refractivity contribution is -0.123. The highest BCUT2D eigenvalue weighted by Gasteiger charge is 2.39. The van der Waals surface area contributed by atoms with Crippen LogP contribution >= 0.6 is 0 Å². The van der Waals surface area contributed by atoms with Crippen LogP contribution in [0.4, 0.5) is 5.69 Å². The second-order valence-electron chi connectivity index (χ2n) is 5.12. The van der Waals surface area contributed by atoms with Gasteiger partial charge >= 0.3 is 0 Å². The zero-order chi connectivity index (χ0) is 12.3. The smallest absolute Gasteiger partial charge is 0.243 e. The van der Waals surface area contributed by atoms with E-state index in [2.05, 4.69) is 12.2 Å². The molecule has 1 aromatic rings. The molecule has 3 N–H and O–H groups in total. The molecule has 1 saturated carbocycles. The Morgan fingerprint density at radius 1 is 1.29 bits per heavy atom. The largest absolute Gasteiger partial charge is 0.371 e. The Morgan fingerprint density at radius 2 is 1.88 bits per heavy atom. The molecule has 0 aliphatic heterocycles. The van der Waals surface area contributed by atoms with Gasteiger partial charge in [0.25, 0.3) is 0 Å². The molecule has 1 fully saturated rings. The van der Waals surface area contributed by atoms with Crippen LogP contribution in [0.1, 0.15) is 32.6 Å². The normalized spacial score (nSPS) is 28.6. The minimum Gasteiger partial charge on any atom is -0.371 e. The fourth-order valence-electron chi connectivity index (χ4n) is 2.49. The maximum Gasteiger partial charge on any atom is 0.243 e. The Labute approximate surface area is 102 Å². The molecule has 2 rings (SSSR count). The summed E-state index contributed by atoms with van der Waals surface area (Å²) in [6.07, 6.45) is 3.78. The van der Waals surface area contributed by atoms with Crippen molar-refractivity contribution in [3.63, 3.8) is 0 Å². The summed E-state index contributed by atoms with van der Waals surface area (Å²) >= 11 is 0. The first-order valence-corrected chi connectivity index (χ1v) is 6.25. The highest BCUT2D eigenvalue weighted by Crippen LogP contribution is 2.34.